The molecule has 1 heterocycles. The van der Waals surface area contributed by atoms with Crippen molar-refractivity contribution < 1.29 is 14.4 Å². The number of hydrogen-bond donors (Lipinski definition) is 2. The zero-order valence-electron chi connectivity index (χ0n) is 12.8. The molecule has 124 valence electrons. The van der Waals surface area contributed by atoms with E-state index in [0.717, 1.165) is 0 Å². The highest BCUT2D eigenvalue weighted by molar-refractivity contribution is 6.30. The van der Waals surface area contributed by atoms with E-state index in [2.05, 4.69) is 5.32 Å². The molecule has 2 rings (SSSR count). The normalized spacial score (nSPS) is 15.3. The van der Waals surface area contributed by atoms with Crippen LogP contribution in [-0.4, -0.2) is 48.7 Å². The third-order valence-corrected chi connectivity index (χ3v) is 4.22. The van der Waals surface area contributed by atoms with E-state index in [-0.39, 0.29) is 36.6 Å². The summed E-state index contributed by atoms with van der Waals surface area (Å²) in [5.41, 5.74) is 5.82. The molecule has 0 radical (unpaired) electrons. The molecular weight excluding hydrogens is 318 g/mol. The Kier molecular flexibility index (Phi) is 6.12. The van der Waals surface area contributed by atoms with Crippen LogP contribution in [0.2, 0.25) is 5.02 Å². The lowest BCUT2D eigenvalue weighted by molar-refractivity contribution is -0.133. The molecule has 0 aliphatic carbocycles. The van der Waals surface area contributed by atoms with Gasteiger partial charge in [-0.1, -0.05) is 11.6 Å². The Hall–Kier alpha value is -1.92. The van der Waals surface area contributed by atoms with Crippen molar-refractivity contribution in [3.05, 3.63) is 34.9 Å². The topological polar surface area (TPSA) is 92.5 Å². The first-order chi connectivity index (χ1) is 11.0. The Morgan fingerprint density at radius 2 is 1.78 bits per heavy atom. The van der Waals surface area contributed by atoms with Gasteiger partial charge >= 0.3 is 0 Å². The standard InChI is InChI=1S/C16H20ClN3O3/c17-13-3-1-11(2-4-13)16(23)12-5-7-20(8-6-12)15(22)10-19-14(21)9-18/h1-4,12H,5-10,18H2,(H,19,21). The molecule has 0 bridgehead atoms. The lowest BCUT2D eigenvalue weighted by atomic mass is 9.89. The SMILES string of the molecule is NCC(=O)NCC(=O)N1CCC(C(=O)c2ccc(Cl)cc2)CC1. The summed E-state index contributed by atoms with van der Waals surface area (Å²) >= 11 is 5.83. The number of nitrogens with zero attached hydrogens (tertiary/aromatic N) is 1. The highest BCUT2D eigenvalue weighted by atomic mass is 35.5. The molecule has 2 amide bonds. The van der Waals surface area contributed by atoms with E-state index in [9.17, 15) is 14.4 Å². The molecule has 1 aliphatic heterocycles. The molecule has 1 fully saturated rings. The van der Waals surface area contributed by atoms with Gasteiger partial charge in [-0.25, -0.2) is 0 Å². The van der Waals surface area contributed by atoms with Crippen LogP contribution in [0.4, 0.5) is 0 Å². The molecule has 3 N–H and O–H groups in total. The van der Waals surface area contributed by atoms with Crippen LogP contribution in [-0.2, 0) is 9.59 Å². The van der Waals surface area contributed by atoms with Crippen LogP contribution in [0.15, 0.2) is 24.3 Å². The summed E-state index contributed by atoms with van der Waals surface area (Å²) in [5.74, 6) is -0.501. The van der Waals surface area contributed by atoms with Gasteiger partial charge < -0.3 is 16.0 Å². The van der Waals surface area contributed by atoms with Crippen LogP contribution in [0, 0.1) is 5.92 Å². The average Bonchev–Trinajstić information content (AvgIpc) is 2.59. The minimum atomic E-state index is -0.355. The molecule has 1 aromatic carbocycles. The molecule has 1 saturated heterocycles. The number of rotatable bonds is 5. The molecule has 1 aliphatic rings. The molecular formula is C16H20ClN3O3. The lowest BCUT2D eigenvalue weighted by Gasteiger charge is -2.31. The molecule has 0 saturated carbocycles. The number of nitrogens with two attached hydrogens (primary N) is 1. The van der Waals surface area contributed by atoms with Crippen molar-refractivity contribution in [3.63, 3.8) is 0 Å². The molecule has 0 unspecified atom stereocenters. The smallest absolute Gasteiger partial charge is 0.241 e. The number of nitrogens with one attached hydrogen (secondary N) is 1. The Balaban J connectivity index is 1.83. The Bertz CT molecular complexity index is 581. The van der Waals surface area contributed by atoms with E-state index in [4.69, 9.17) is 17.3 Å². The zero-order chi connectivity index (χ0) is 16.8. The second kappa shape index (κ2) is 8.08. The van der Waals surface area contributed by atoms with Gasteiger partial charge in [-0.3, -0.25) is 14.4 Å². The Labute approximate surface area is 140 Å². The molecule has 1 aromatic rings. The molecule has 6 nitrogen and oxygen atoms in total. The van der Waals surface area contributed by atoms with Crippen molar-refractivity contribution in [2.75, 3.05) is 26.2 Å². The predicted octanol–water partition coefficient (Wildman–Crippen LogP) is 0.836. The van der Waals surface area contributed by atoms with Crippen LogP contribution in [0.5, 0.6) is 0 Å². The van der Waals surface area contributed by atoms with Gasteiger partial charge in [0.25, 0.3) is 0 Å². The van der Waals surface area contributed by atoms with Crippen LogP contribution in [0.25, 0.3) is 0 Å². The number of benzene rings is 1. The second-order valence-corrected chi connectivity index (χ2v) is 5.94. The van der Waals surface area contributed by atoms with Crippen molar-refractivity contribution in [3.8, 4) is 0 Å². The molecule has 0 atom stereocenters. The first-order valence-electron chi connectivity index (χ1n) is 7.55. The van der Waals surface area contributed by atoms with E-state index >= 15 is 0 Å². The van der Waals surface area contributed by atoms with Crippen molar-refractivity contribution in [2.24, 2.45) is 11.7 Å². The van der Waals surface area contributed by atoms with Gasteiger partial charge in [0, 0.05) is 29.6 Å². The van der Waals surface area contributed by atoms with Gasteiger partial charge in [-0.2, -0.15) is 0 Å². The van der Waals surface area contributed by atoms with E-state index in [1.807, 2.05) is 0 Å². The van der Waals surface area contributed by atoms with E-state index in [0.29, 0.717) is 36.5 Å². The number of carbonyl (C=O) groups is 3. The summed E-state index contributed by atoms with van der Waals surface area (Å²) < 4.78 is 0. The van der Waals surface area contributed by atoms with Gasteiger partial charge in [-0.15, -0.1) is 0 Å². The number of Topliss-reactive ketones (excluding diaryl/α,β-unsaturated/α-hetero) is 1. The fraction of sp³-hybridized carbons (Fsp3) is 0.438. The van der Waals surface area contributed by atoms with Crippen LogP contribution >= 0.6 is 11.6 Å². The van der Waals surface area contributed by atoms with Gasteiger partial charge in [0.2, 0.25) is 11.8 Å². The number of hydrogen-bond acceptors (Lipinski definition) is 4. The Morgan fingerprint density at radius 3 is 2.35 bits per heavy atom. The summed E-state index contributed by atoms with van der Waals surface area (Å²) in [6, 6.07) is 6.86. The zero-order valence-corrected chi connectivity index (χ0v) is 13.5. The number of piperidine rings is 1. The third-order valence-electron chi connectivity index (χ3n) is 3.97. The quantitative estimate of drug-likeness (QED) is 0.779. The summed E-state index contributed by atoms with van der Waals surface area (Å²) in [7, 11) is 0. The first kappa shape index (κ1) is 17.4. The van der Waals surface area contributed by atoms with Crippen molar-refractivity contribution in [2.45, 2.75) is 12.8 Å². The maximum atomic E-state index is 12.4. The second-order valence-electron chi connectivity index (χ2n) is 5.51. The van der Waals surface area contributed by atoms with Crippen molar-refractivity contribution in [1.82, 2.24) is 10.2 Å². The number of amides is 2. The van der Waals surface area contributed by atoms with Crippen molar-refractivity contribution >= 4 is 29.2 Å². The minimum absolute atomic E-state index is 0.0498. The molecule has 23 heavy (non-hydrogen) atoms. The maximum absolute atomic E-state index is 12.4. The van der Waals surface area contributed by atoms with Crippen LogP contribution < -0.4 is 11.1 Å². The molecule has 7 heteroatoms. The fourth-order valence-corrected chi connectivity index (χ4v) is 2.73. The average molecular weight is 338 g/mol. The summed E-state index contributed by atoms with van der Waals surface area (Å²) in [4.78, 5) is 37.1. The van der Waals surface area contributed by atoms with Gasteiger partial charge in [-0.05, 0) is 37.1 Å². The number of likely N-dealkylation sites (tertiary alicyclic amines) is 1. The highest BCUT2D eigenvalue weighted by Crippen LogP contribution is 2.22. The number of ketones is 1. The predicted molar refractivity (Wildman–Crippen MR) is 87.2 cm³/mol. The lowest BCUT2D eigenvalue weighted by Crippen LogP contribution is -2.45. The third kappa shape index (κ3) is 4.77. The summed E-state index contributed by atoms with van der Waals surface area (Å²) in [5, 5.41) is 3.06. The van der Waals surface area contributed by atoms with Gasteiger partial charge in [0.1, 0.15) is 0 Å². The van der Waals surface area contributed by atoms with E-state index in [1.54, 1.807) is 29.2 Å². The summed E-state index contributed by atoms with van der Waals surface area (Å²) in [6.45, 7) is 0.847. The van der Waals surface area contributed by atoms with Gasteiger partial charge in [0.05, 0.1) is 13.1 Å². The Morgan fingerprint density at radius 1 is 1.17 bits per heavy atom. The van der Waals surface area contributed by atoms with E-state index < -0.39 is 0 Å². The summed E-state index contributed by atoms with van der Waals surface area (Å²) in [6.07, 6.45) is 1.25. The fourth-order valence-electron chi connectivity index (χ4n) is 2.60. The minimum Gasteiger partial charge on any atom is -0.346 e. The van der Waals surface area contributed by atoms with Crippen LogP contribution in [0.1, 0.15) is 23.2 Å². The number of halogens is 1. The first-order valence-corrected chi connectivity index (χ1v) is 7.93. The largest absolute Gasteiger partial charge is 0.346 e. The van der Waals surface area contributed by atoms with Crippen LogP contribution in [0.3, 0.4) is 0 Å². The number of carbonyl (C=O) groups excluding carboxylic acids is 3. The van der Waals surface area contributed by atoms with Gasteiger partial charge in [0.15, 0.2) is 5.78 Å². The molecule has 0 spiro atoms. The molecule has 0 aromatic heterocycles. The maximum Gasteiger partial charge on any atom is 0.241 e. The van der Waals surface area contributed by atoms with Crippen molar-refractivity contribution in [1.29, 1.82) is 0 Å². The van der Waals surface area contributed by atoms with E-state index in [1.165, 1.54) is 0 Å². The highest BCUT2D eigenvalue weighted by Gasteiger charge is 2.27. The monoisotopic (exact) mass is 337 g/mol.